The topological polar surface area (TPSA) is 99.9 Å². The lowest BCUT2D eigenvalue weighted by atomic mass is 9.95. The lowest BCUT2D eigenvalue weighted by Gasteiger charge is -2.25. The van der Waals surface area contributed by atoms with Crippen molar-refractivity contribution in [2.24, 2.45) is 5.10 Å². The number of ether oxygens (including phenoxy) is 3. The van der Waals surface area contributed by atoms with E-state index in [9.17, 15) is 4.79 Å². The number of rotatable bonds is 10. The van der Waals surface area contributed by atoms with Crippen molar-refractivity contribution >= 4 is 23.9 Å². The van der Waals surface area contributed by atoms with Crippen LogP contribution in [-0.4, -0.2) is 54.0 Å². The first-order chi connectivity index (χ1) is 18.0. The van der Waals surface area contributed by atoms with Gasteiger partial charge < -0.3 is 14.2 Å². The molecule has 2 aromatic carbocycles. The Bertz CT molecular complexity index is 1240. The van der Waals surface area contributed by atoms with Crippen molar-refractivity contribution in [2.45, 2.75) is 50.2 Å². The van der Waals surface area contributed by atoms with Crippen LogP contribution in [-0.2, 0) is 4.79 Å². The molecule has 1 heterocycles. The summed E-state index contributed by atoms with van der Waals surface area (Å²) in [7, 11) is 4.67. The van der Waals surface area contributed by atoms with E-state index in [-0.39, 0.29) is 11.7 Å². The van der Waals surface area contributed by atoms with Gasteiger partial charge in [-0.05, 0) is 25.8 Å². The molecule has 196 valence electrons. The minimum absolute atomic E-state index is 0.166. The Balaban J connectivity index is 1.45. The van der Waals surface area contributed by atoms with Crippen LogP contribution in [0.5, 0.6) is 17.2 Å². The number of hydrogen-bond acceptors (Lipinski definition) is 8. The highest BCUT2D eigenvalue weighted by Gasteiger charge is 2.24. The van der Waals surface area contributed by atoms with Crippen molar-refractivity contribution in [3.8, 4) is 28.6 Å². The van der Waals surface area contributed by atoms with E-state index < -0.39 is 0 Å². The van der Waals surface area contributed by atoms with Crippen molar-refractivity contribution in [2.75, 3.05) is 27.1 Å². The molecular weight excluding hydrogens is 490 g/mol. The summed E-state index contributed by atoms with van der Waals surface area (Å²) in [5.74, 6) is 2.42. The second-order valence-corrected chi connectivity index (χ2v) is 9.81. The van der Waals surface area contributed by atoms with Crippen LogP contribution in [0.4, 0.5) is 0 Å². The maximum atomic E-state index is 12.6. The standard InChI is InChI=1S/C27H33N5O4S/c1-18-10-12-19(13-11-18)26-30-31-27(32(26)21-8-6-5-7-9-21)37-17-25(33)29-28-16-20-14-23(35-3)24(36-4)15-22(20)34-2/h10-16,21H,5-9,17H2,1-4H3,(H,29,33)/b28-16-. The second-order valence-electron chi connectivity index (χ2n) is 8.87. The molecule has 0 atom stereocenters. The first-order valence-corrected chi connectivity index (χ1v) is 13.3. The summed E-state index contributed by atoms with van der Waals surface area (Å²) in [5, 5.41) is 13.8. The highest BCUT2D eigenvalue weighted by atomic mass is 32.2. The van der Waals surface area contributed by atoms with Gasteiger partial charge in [0.25, 0.3) is 5.91 Å². The predicted molar refractivity (Wildman–Crippen MR) is 145 cm³/mol. The maximum absolute atomic E-state index is 12.6. The molecule has 1 amide bonds. The van der Waals surface area contributed by atoms with Gasteiger partial charge in [0, 0.05) is 23.2 Å². The lowest BCUT2D eigenvalue weighted by Crippen LogP contribution is -2.20. The molecular formula is C27H33N5O4S. The van der Waals surface area contributed by atoms with E-state index >= 15 is 0 Å². The fraction of sp³-hybridized carbons (Fsp3) is 0.407. The summed E-state index contributed by atoms with van der Waals surface area (Å²) in [6.07, 6.45) is 7.34. The van der Waals surface area contributed by atoms with E-state index in [1.807, 2.05) is 0 Å². The fourth-order valence-corrected chi connectivity index (χ4v) is 5.23. The van der Waals surface area contributed by atoms with Gasteiger partial charge >= 0.3 is 0 Å². The third kappa shape index (κ3) is 6.43. The number of carbonyl (C=O) groups is 1. The SMILES string of the molecule is COc1cc(OC)c(OC)cc1/C=N\NC(=O)CSc1nnc(-c2ccc(C)cc2)n1C1CCCCC1. The zero-order chi connectivity index (χ0) is 26.2. The van der Waals surface area contributed by atoms with E-state index in [1.165, 1.54) is 42.8 Å². The molecule has 37 heavy (non-hydrogen) atoms. The fourth-order valence-electron chi connectivity index (χ4n) is 4.43. The normalized spacial score (nSPS) is 14.1. The Labute approximate surface area is 221 Å². The molecule has 0 radical (unpaired) electrons. The van der Waals surface area contributed by atoms with Crippen molar-refractivity contribution in [3.05, 3.63) is 47.5 Å². The van der Waals surface area contributed by atoms with E-state index in [0.717, 1.165) is 29.4 Å². The van der Waals surface area contributed by atoms with Crippen LogP contribution in [0.3, 0.4) is 0 Å². The largest absolute Gasteiger partial charge is 0.496 e. The molecule has 1 fully saturated rings. The number of thioether (sulfide) groups is 1. The number of aryl methyl sites for hydroxylation is 1. The zero-order valence-electron chi connectivity index (χ0n) is 21.7. The van der Waals surface area contributed by atoms with Crippen LogP contribution in [0.2, 0.25) is 0 Å². The van der Waals surface area contributed by atoms with Gasteiger partial charge in [-0.15, -0.1) is 10.2 Å². The molecule has 0 bridgehead atoms. The van der Waals surface area contributed by atoms with Gasteiger partial charge in [-0.25, -0.2) is 5.43 Å². The second kappa shape index (κ2) is 12.6. The summed E-state index contributed by atoms with van der Waals surface area (Å²) < 4.78 is 18.3. The summed E-state index contributed by atoms with van der Waals surface area (Å²) in [6.45, 7) is 2.07. The number of hydrogen-bond donors (Lipinski definition) is 1. The van der Waals surface area contributed by atoms with Crippen molar-refractivity contribution in [3.63, 3.8) is 0 Å². The highest BCUT2D eigenvalue weighted by Crippen LogP contribution is 2.36. The molecule has 0 aliphatic heterocycles. The number of methoxy groups -OCH3 is 3. The predicted octanol–water partition coefficient (Wildman–Crippen LogP) is 5.03. The molecule has 1 saturated carbocycles. The molecule has 1 N–H and O–H groups in total. The molecule has 9 nitrogen and oxygen atoms in total. The monoisotopic (exact) mass is 523 g/mol. The average molecular weight is 524 g/mol. The number of benzene rings is 2. The van der Waals surface area contributed by atoms with Gasteiger partial charge in [0.1, 0.15) is 5.75 Å². The minimum Gasteiger partial charge on any atom is -0.496 e. The van der Waals surface area contributed by atoms with Crippen LogP contribution in [0.1, 0.15) is 49.3 Å². The van der Waals surface area contributed by atoms with Gasteiger partial charge in [0.05, 0.1) is 33.3 Å². The average Bonchev–Trinajstić information content (AvgIpc) is 3.36. The van der Waals surface area contributed by atoms with E-state index in [2.05, 4.69) is 56.5 Å². The van der Waals surface area contributed by atoms with Crippen molar-refractivity contribution in [1.29, 1.82) is 0 Å². The summed E-state index contributed by atoms with van der Waals surface area (Å²) in [5.41, 5.74) is 5.47. The highest BCUT2D eigenvalue weighted by molar-refractivity contribution is 7.99. The van der Waals surface area contributed by atoms with E-state index in [4.69, 9.17) is 14.2 Å². The van der Waals surface area contributed by atoms with Crippen LogP contribution in [0.15, 0.2) is 46.7 Å². The number of hydrazone groups is 1. The number of nitrogens with one attached hydrogen (secondary N) is 1. The van der Waals surface area contributed by atoms with Crippen molar-refractivity contribution < 1.29 is 19.0 Å². The first kappa shape index (κ1) is 26.5. The molecule has 1 aliphatic carbocycles. The number of aromatic nitrogens is 3. The molecule has 0 spiro atoms. The summed E-state index contributed by atoms with van der Waals surface area (Å²) in [6, 6.07) is 12.1. The van der Waals surface area contributed by atoms with Gasteiger partial charge in [-0.2, -0.15) is 5.10 Å². The number of carbonyl (C=O) groups excluding carboxylic acids is 1. The van der Waals surface area contributed by atoms with Crippen molar-refractivity contribution in [1.82, 2.24) is 20.2 Å². The molecule has 1 aromatic heterocycles. The van der Waals surface area contributed by atoms with Gasteiger partial charge in [-0.1, -0.05) is 60.9 Å². The molecule has 1 aliphatic rings. The van der Waals surface area contributed by atoms with E-state index in [0.29, 0.717) is 28.9 Å². The molecule has 3 aromatic rings. The molecule has 0 saturated heterocycles. The lowest BCUT2D eigenvalue weighted by molar-refractivity contribution is -0.118. The molecule has 10 heteroatoms. The van der Waals surface area contributed by atoms with Crippen LogP contribution in [0.25, 0.3) is 11.4 Å². The van der Waals surface area contributed by atoms with Gasteiger partial charge in [-0.3, -0.25) is 9.36 Å². The Morgan fingerprint density at radius 3 is 2.38 bits per heavy atom. The van der Waals surface area contributed by atoms with Crippen LogP contribution in [0, 0.1) is 6.92 Å². The third-order valence-electron chi connectivity index (χ3n) is 6.38. The van der Waals surface area contributed by atoms with Crippen LogP contribution >= 0.6 is 11.8 Å². The zero-order valence-corrected chi connectivity index (χ0v) is 22.5. The Kier molecular flexibility index (Phi) is 9.05. The summed E-state index contributed by atoms with van der Waals surface area (Å²) in [4.78, 5) is 12.6. The smallest absolute Gasteiger partial charge is 0.250 e. The number of nitrogens with zero attached hydrogens (tertiary/aromatic N) is 4. The Hall–Kier alpha value is -3.53. The van der Waals surface area contributed by atoms with Gasteiger partial charge in [0.2, 0.25) is 0 Å². The maximum Gasteiger partial charge on any atom is 0.250 e. The molecule has 4 rings (SSSR count). The van der Waals surface area contributed by atoms with E-state index in [1.54, 1.807) is 33.5 Å². The minimum atomic E-state index is -0.240. The summed E-state index contributed by atoms with van der Waals surface area (Å²) >= 11 is 1.37. The Morgan fingerprint density at radius 1 is 1.03 bits per heavy atom. The van der Waals surface area contributed by atoms with Gasteiger partial charge in [0.15, 0.2) is 22.5 Å². The Morgan fingerprint density at radius 2 is 1.70 bits per heavy atom. The number of amides is 1. The first-order valence-electron chi connectivity index (χ1n) is 12.3. The quantitative estimate of drug-likeness (QED) is 0.226. The van der Waals surface area contributed by atoms with Crippen LogP contribution < -0.4 is 19.6 Å². The molecule has 0 unspecified atom stereocenters. The third-order valence-corrected chi connectivity index (χ3v) is 7.32.